The smallest absolute Gasteiger partial charge is 0.251 e. The van der Waals surface area contributed by atoms with Gasteiger partial charge in [-0.05, 0) is 89.6 Å². The minimum Gasteiger partial charge on any atom is -0.352 e. The molecule has 8 heteroatoms. The summed E-state index contributed by atoms with van der Waals surface area (Å²) in [5, 5.41) is 5.81. The molecule has 1 aliphatic carbocycles. The number of nitrogens with one attached hydrogen (secondary N) is 2. The molecule has 1 aliphatic heterocycles. The Morgan fingerprint density at radius 2 is 1.65 bits per heavy atom. The van der Waals surface area contributed by atoms with Crippen LogP contribution in [-0.2, 0) is 14.8 Å². The molecule has 2 N–H and O–H groups in total. The molecule has 1 aromatic rings. The molecule has 2 amide bonds. The summed E-state index contributed by atoms with van der Waals surface area (Å²) in [6.45, 7) is 11.6. The lowest BCUT2D eigenvalue weighted by atomic mass is 9.79. The van der Waals surface area contributed by atoms with E-state index in [9.17, 15) is 18.0 Å². The third kappa shape index (κ3) is 5.18. The Labute approximate surface area is 185 Å². The average molecular weight is 448 g/mol. The molecule has 0 unspecified atom stereocenters. The first-order chi connectivity index (χ1) is 14.4. The van der Waals surface area contributed by atoms with Crippen molar-refractivity contribution in [3.05, 3.63) is 42.5 Å². The zero-order valence-corrected chi connectivity index (χ0v) is 19.6. The second-order valence-corrected chi connectivity index (χ2v) is 11.7. The molecule has 0 spiro atoms. The van der Waals surface area contributed by atoms with E-state index in [2.05, 4.69) is 17.2 Å². The van der Waals surface area contributed by atoms with Crippen molar-refractivity contribution in [2.75, 3.05) is 6.54 Å². The Morgan fingerprint density at radius 1 is 1.10 bits per heavy atom. The van der Waals surface area contributed by atoms with Crippen LogP contribution in [0.4, 0.5) is 0 Å². The molecule has 0 atom stereocenters. The zero-order chi connectivity index (χ0) is 23.0. The summed E-state index contributed by atoms with van der Waals surface area (Å²) in [5.74, 6) is 0.131. The van der Waals surface area contributed by atoms with Crippen LogP contribution in [0.25, 0.3) is 0 Å². The number of nitrogens with zero attached hydrogens (tertiary/aromatic N) is 1. The molecule has 7 nitrogen and oxygen atoms in total. The molecule has 2 fully saturated rings. The lowest BCUT2D eigenvalue weighted by Crippen LogP contribution is -2.65. The number of hydrogen-bond donors (Lipinski definition) is 2. The second kappa shape index (κ2) is 8.39. The minimum absolute atomic E-state index is 0.153. The van der Waals surface area contributed by atoms with Crippen LogP contribution in [0.2, 0.25) is 0 Å². The van der Waals surface area contributed by atoms with E-state index in [0.717, 1.165) is 12.8 Å². The van der Waals surface area contributed by atoms with Crippen LogP contribution in [0.15, 0.2) is 41.8 Å². The SMILES string of the molecule is C=CC(=O)NC1CC(C)(C)N(S(=O)(=O)c2ccc(C(=O)NCC3CC3)cc2)C(C)(C)C1. The quantitative estimate of drug-likeness (QED) is 0.628. The van der Waals surface area contributed by atoms with Gasteiger partial charge in [0.05, 0.1) is 4.90 Å². The number of carbonyl (C=O) groups excluding carboxylic acids is 2. The first kappa shape index (κ1) is 23.5. The molecule has 2 aliphatic rings. The molecule has 0 radical (unpaired) electrons. The zero-order valence-electron chi connectivity index (χ0n) is 18.8. The molecule has 31 heavy (non-hydrogen) atoms. The first-order valence-electron chi connectivity index (χ1n) is 10.7. The van der Waals surface area contributed by atoms with Crippen LogP contribution >= 0.6 is 0 Å². The van der Waals surface area contributed by atoms with Gasteiger partial charge < -0.3 is 10.6 Å². The third-order valence-electron chi connectivity index (χ3n) is 6.03. The summed E-state index contributed by atoms with van der Waals surface area (Å²) in [6.07, 6.45) is 4.49. The van der Waals surface area contributed by atoms with E-state index in [1.54, 1.807) is 16.4 Å². The van der Waals surface area contributed by atoms with Gasteiger partial charge in [-0.2, -0.15) is 4.31 Å². The second-order valence-electron chi connectivity index (χ2n) is 9.89. The van der Waals surface area contributed by atoms with Gasteiger partial charge in [0, 0.05) is 29.2 Å². The molecular weight excluding hydrogens is 414 g/mol. The summed E-state index contributed by atoms with van der Waals surface area (Å²) < 4.78 is 28.8. The average Bonchev–Trinajstić information content (AvgIpc) is 3.48. The van der Waals surface area contributed by atoms with E-state index in [1.165, 1.54) is 18.2 Å². The van der Waals surface area contributed by atoms with Crippen LogP contribution in [0.5, 0.6) is 0 Å². The highest BCUT2D eigenvalue weighted by Gasteiger charge is 2.51. The topological polar surface area (TPSA) is 95.6 Å². The molecule has 3 rings (SSSR count). The fourth-order valence-electron chi connectivity index (χ4n) is 4.82. The molecule has 0 bridgehead atoms. The summed E-state index contributed by atoms with van der Waals surface area (Å²) in [4.78, 5) is 24.2. The van der Waals surface area contributed by atoms with E-state index in [1.807, 2.05) is 27.7 Å². The Bertz CT molecular complexity index is 945. The maximum Gasteiger partial charge on any atom is 0.251 e. The lowest BCUT2D eigenvalue weighted by molar-refractivity contribution is -0.118. The van der Waals surface area contributed by atoms with Crippen molar-refractivity contribution in [1.29, 1.82) is 0 Å². The molecule has 1 saturated carbocycles. The fourth-order valence-corrected chi connectivity index (χ4v) is 6.96. The number of amides is 2. The lowest BCUT2D eigenvalue weighted by Gasteiger charge is -2.53. The number of piperidine rings is 1. The van der Waals surface area contributed by atoms with Gasteiger partial charge in [-0.3, -0.25) is 9.59 Å². The number of sulfonamides is 1. The van der Waals surface area contributed by atoms with Crippen LogP contribution in [0.1, 0.15) is 63.7 Å². The highest BCUT2D eigenvalue weighted by molar-refractivity contribution is 7.89. The summed E-state index contributed by atoms with van der Waals surface area (Å²) in [5.41, 5.74) is -0.996. The number of hydrogen-bond acceptors (Lipinski definition) is 4. The van der Waals surface area contributed by atoms with Gasteiger partial charge >= 0.3 is 0 Å². The normalized spacial score (nSPS) is 21.3. The fraction of sp³-hybridized carbons (Fsp3) is 0.565. The van der Waals surface area contributed by atoms with Crippen molar-refractivity contribution in [1.82, 2.24) is 14.9 Å². The van der Waals surface area contributed by atoms with Crippen LogP contribution < -0.4 is 10.6 Å². The molecular formula is C23H33N3O4S. The largest absolute Gasteiger partial charge is 0.352 e. The van der Waals surface area contributed by atoms with Gasteiger partial charge in [0.25, 0.3) is 5.91 Å². The highest BCUT2D eigenvalue weighted by Crippen LogP contribution is 2.42. The van der Waals surface area contributed by atoms with Gasteiger partial charge in [-0.1, -0.05) is 6.58 Å². The maximum atomic E-state index is 13.6. The van der Waals surface area contributed by atoms with Gasteiger partial charge in [-0.15, -0.1) is 0 Å². The standard InChI is InChI=1S/C23H33N3O4S/c1-6-20(27)25-18-13-22(2,3)26(23(4,5)14-18)31(29,30)19-11-9-17(10-12-19)21(28)24-15-16-7-8-16/h6,9-12,16,18H,1,7-8,13-15H2,2-5H3,(H,24,28)(H,25,27). The van der Waals surface area contributed by atoms with Crippen LogP contribution in [0, 0.1) is 5.92 Å². The van der Waals surface area contributed by atoms with Crippen molar-refractivity contribution in [3.63, 3.8) is 0 Å². The highest BCUT2D eigenvalue weighted by atomic mass is 32.2. The molecule has 1 saturated heterocycles. The number of rotatable bonds is 7. The predicted molar refractivity (Wildman–Crippen MR) is 120 cm³/mol. The van der Waals surface area contributed by atoms with Gasteiger partial charge in [-0.25, -0.2) is 8.42 Å². The molecule has 1 heterocycles. The Balaban J connectivity index is 1.81. The van der Waals surface area contributed by atoms with E-state index in [0.29, 0.717) is 30.9 Å². The van der Waals surface area contributed by atoms with Crippen molar-refractivity contribution < 1.29 is 18.0 Å². The Kier molecular flexibility index (Phi) is 6.35. The number of benzene rings is 1. The van der Waals surface area contributed by atoms with E-state index in [-0.39, 0.29) is 22.8 Å². The summed E-state index contributed by atoms with van der Waals surface area (Å²) in [6, 6.07) is 5.97. The molecule has 170 valence electrons. The van der Waals surface area contributed by atoms with Crippen molar-refractivity contribution >= 4 is 21.8 Å². The molecule has 1 aromatic carbocycles. The Hall–Kier alpha value is -2.19. The summed E-state index contributed by atoms with van der Waals surface area (Å²) in [7, 11) is -3.82. The van der Waals surface area contributed by atoms with Gasteiger partial charge in [0.2, 0.25) is 15.9 Å². The monoisotopic (exact) mass is 447 g/mol. The van der Waals surface area contributed by atoms with Crippen molar-refractivity contribution in [2.45, 2.75) is 75.4 Å². The first-order valence-corrected chi connectivity index (χ1v) is 12.2. The van der Waals surface area contributed by atoms with E-state index < -0.39 is 21.1 Å². The van der Waals surface area contributed by atoms with Gasteiger partial charge in [0.15, 0.2) is 0 Å². The molecule has 0 aromatic heterocycles. The van der Waals surface area contributed by atoms with E-state index >= 15 is 0 Å². The Morgan fingerprint density at radius 3 is 2.13 bits per heavy atom. The minimum atomic E-state index is -3.82. The maximum absolute atomic E-state index is 13.6. The van der Waals surface area contributed by atoms with E-state index in [4.69, 9.17) is 0 Å². The van der Waals surface area contributed by atoms with Crippen molar-refractivity contribution in [3.8, 4) is 0 Å². The summed E-state index contributed by atoms with van der Waals surface area (Å²) >= 11 is 0. The van der Waals surface area contributed by atoms with Crippen LogP contribution in [-0.4, -0.2) is 48.2 Å². The third-order valence-corrected chi connectivity index (χ3v) is 8.36. The predicted octanol–water partition coefficient (Wildman–Crippen LogP) is 2.84. The van der Waals surface area contributed by atoms with Gasteiger partial charge in [0.1, 0.15) is 0 Å². The number of carbonyl (C=O) groups is 2. The van der Waals surface area contributed by atoms with Crippen molar-refractivity contribution in [2.24, 2.45) is 5.92 Å². The van der Waals surface area contributed by atoms with Crippen LogP contribution in [0.3, 0.4) is 0 Å².